The van der Waals surface area contributed by atoms with Gasteiger partial charge in [0.15, 0.2) is 0 Å². The first-order valence-electron chi connectivity index (χ1n) is 11.3. The number of pyridine rings is 2. The minimum atomic E-state index is 0.359. The number of aromatic nitrogens is 2. The van der Waals surface area contributed by atoms with E-state index in [4.69, 9.17) is 14.4 Å². The third-order valence-electron chi connectivity index (χ3n) is 6.23. The molecular formula is C29H28N2O. The van der Waals surface area contributed by atoms with Gasteiger partial charge < -0.3 is 4.42 Å². The minimum Gasteiger partial charge on any atom is -0.437 e. The highest BCUT2D eigenvalue weighted by atomic mass is 16.3. The van der Waals surface area contributed by atoms with Crippen LogP contribution in [0, 0.1) is 6.92 Å². The average Bonchev–Trinajstić information content (AvgIpc) is 3.17. The molecule has 0 aliphatic rings. The number of aryl methyl sites for hydroxylation is 1. The molecule has 2 aromatic carbocycles. The van der Waals surface area contributed by atoms with Crippen LogP contribution in [0.4, 0.5) is 0 Å². The Morgan fingerprint density at radius 3 is 2.31 bits per heavy atom. The van der Waals surface area contributed by atoms with E-state index in [0.29, 0.717) is 17.5 Å². The summed E-state index contributed by atoms with van der Waals surface area (Å²) in [4.78, 5) is 9.61. The second kappa shape index (κ2) is 7.90. The van der Waals surface area contributed by atoms with Gasteiger partial charge in [0.2, 0.25) is 5.71 Å². The zero-order valence-corrected chi connectivity index (χ0v) is 19.3. The molecule has 0 saturated heterocycles. The summed E-state index contributed by atoms with van der Waals surface area (Å²) < 4.78 is 6.32. The molecule has 5 aromatic rings. The van der Waals surface area contributed by atoms with E-state index >= 15 is 0 Å². The molecule has 3 heteroatoms. The standard InChI is InChI=1S/C29H28N2O/c1-17(2)20-7-6-8-21(15-20)22-10-13-26(30-16-22)27-19(5)9-11-23-24-12-14-25(18(3)4)31-29(24)32-28(23)27/h6-18H,1-5H3. The van der Waals surface area contributed by atoms with Crippen LogP contribution < -0.4 is 0 Å². The molecule has 0 saturated carbocycles. The second-order valence-corrected chi connectivity index (χ2v) is 9.19. The highest BCUT2D eigenvalue weighted by molar-refractivity contribution is 6.09. The van der Waals surface area contributed by atoms with E-state index in [9.17, 15) is 0 Å². The Morgan fingerprint density at radius 1 is 0.781 bits per heavy atom. The highest BCUT2D eigenvalue weighted by Gasteiger charge is 2.17. The fraction of sp³-hybridized carbons (Fsp3) is 0.241. The maximum atomic E-state index is 6.32. The molecule has 0 N–H and O–H groups in total. The summed E-state index contributed by atoms with van der Waals surface area (Å²) in [7, 11) is 0. The zero-order valence-electron chi connectivity index (χ0n) is 19.3. The van der Waals surface area contributed by atoms with Crippen molar-refractivity contribution in [3.63, 3.8) is 0 Å². The monoisotopic (exact) mass is 420 g/mol. The lowest BCUT2D eigenvalue weighted by Crippen LogP contribution is -1.91. The zero-order chi connectivity index (χ0) is 22.4. The smallest absolute Gasteiger partial charge is 0.227 e. The van der Waals surface area contributed by atoms with Crippen molar-refractivity contribution >= 4 is 22.1 Å². The molecule has 3 nitrogen and oxygen atoms in total. The van der Waals surface area contributed by atoms with Crippen molar-refractivity contribution < 1.29 is 4.42 Å². The molecule has 0 aliphatic heterocycles. The normalized spacial score (nSPS) is 11.8. The van der Waals surface area contributed by atoms with E-state index < -0.39 is 0 Å². The Labute approximate surface area is 189 Å². The molecule has 0 amide bonds. The molecule has 0 aliphatic carbocycles. The number of nitrogens with zero attached hydrogens (tertiary/aromatic N) is 2. The summed E-state index contributed by atoms with van der Waals surface area (Å²) in [5, 5.41) is 2.13. The lowest BCUT2D eigenvalue weighted by molar-refractivity contribution is 0.648. The van der Waals surface area contributed by atoms with Gasteiger partial charge in [-0.05, 0) is 53.6 Å². The molecule has 0 spiro atoms. The Morgan fingerprint density at radius 2 is 1.59 bits per heavy atom. The Hall–Kier alpha value is -3.46. The summed E-state index contributed by atoms with van der Waals surface area (Å²) >= 11 is 0. The van der Waals surface area contributed by atoms with Gasteiger partial charge in [0.25, 0.3) is 0 Å². The van der Waals surface area contributed by atoms with E-state index in [1.165, 1.54) is 11.1 Å². The number of fused-ring (bicyclic) bond motifs is 3. The van der Waals surface area contributed by atoms with Gasteiger partial charge in [0.1, 0.15) is 5.58 Å². The summed E-state index contributed by atoms with van der Waals surface area (Å²) in [6.45, 7) is 10.8. The number of benzene rings is 2. The van der Waals surface area contributed by atoms with Crippen molar-refractivity contribution in [3.05, 3.63) is 83.7 Å². The van der Waals surface area contributed by atoms with Crippen molar-refractivity contribution in [1.82, 2.24) is 9.97 Å². The first-order chi connectivity index (χ1) is 15.4. The Bertz CT molecular complexity index is 1430. The van der Waals surface area contributed by atoms with Crippen molar-refractivity contribution in [3.8, 4) is 22.4 Å². The summed E-state index contributed by atoms with van der Waals surface area (Å²) in [5.41, 5.74) is 9.34. The van der Waals surface area contributed by atoms with E-state index in [0.717, 1.165) is 44.4 Å². The molecule has 0 bridgehead atoms. The molecule has 3 heterocycles. The van der Waals surface area contributed by atoms with Gasteiger partial charge >= 0.3 is 0 Å². The topological polar surface area (TPSA) is 38.9 Å². The van der Waals surface area contributed by atoms with Crippen molar-refractivity contribution in [2.24, 2.45) is 0 Å². The van der Waals surface area contributed by atoms with Crippen LogP contribution in [0.5, 0.6) is 0 Å². The first-order valence-corrected chi connectivity index (χ1v) is 11.3. The van der Waals surface area contributed by atoms with Gasteiger partial charge in [0, 0.05) is 33.8 Å². The molecule has 0 radical (unpaired) electrons. The van der Waals surface area contributed by atoms with Gasteiger partial charge in [-0.2, -0.15) is 0 Å². The second-order valence-electron chi connectivity index (χ2n) is 9.19. The van der Waals surface area contributed by atoms with E-state index in [2.05, 4.69) is 95.3 Å². The van der Waals surface area contributed by atoms with Crippen LogP contribution in [0.25, 0.3) is 44.5 Å². The van der Waals surface area contributed by atoms with Crippen molar-refractivity contribution in [2.75, 3.05) is 0 Å². The molecule has 0 fully saturated rings. The number of furan rings is 1. The van der Waals surface area contributed by atoms with Crippen LogP contribution >= 0.6 is 0 Å². The molecule has 0 unspecified atom stereocenters. The maximum Gasteiger partial charge on any atom is 0.227 e. The average molecular weight is 421 g/mol. The Balaban J connectivity index is 1.62. The molecule has 160 valence electrons. The molecule has 5 rings (SSSR count). The van der Waals surface area contributed by atoms with Crippen molar-refractivity contribution in [1.29, 1.82) is 0 Å². The van der Waals surface area contributed by atoms with Gasteiger partial charge in [-0.25, -0.2) is 4.98 Å². The van der Waals surface area contributed by atoms with Gasteiger partial charge in [-0.3, -0.25) is 4.98 Å². The third-order valence-corrected chi connectivity index (χ3v) is 6.23. The van der Waals surface area contributed by atoms with Gasteiger partial charge in [0.05, 0.1) is 5.69 Å². The van der Waals surface area contributed by atoms with Crippen LogP contribution in [-0.2, 0) is 0 Å². The third kappa shape index (κ3) is 3.48. The van der Waals surface area contributed by atoms with E-state index in [1.807, 2.05) is 6.20 Å². The van der Waals surface area contributed by atoms with Gasteiger partial charge in [-0.15, -0.1) is 0 Å². The SMILES string of the molecule is Cc1ccc2c(oc3nc(C(C)C)ccc32)c1-c1ccc(-c2cccc(C(C)C)c2)cn1. The number of rotatable bonds is 4. The molecule has 0 atom stereocenters. The lowest BCUT2D eigenvalue weighted by Gasteiger charge is -2.10. The van der Waals surface area contributed by atoms with Crippen LogP contribution in [0.15, 0.2) is 71.3 Å². The fourth-order valence-corrected chi connectivity index (χ4v) is 4.26. The first kappa shape index (κ1) is 20.4. The predicted molar refractivity (Wildman–Crippen MR) is 133 cm³/mol. The molecular weight excluding hydrogens is 392 g/mol. The molecule has 3 aromatic heterocycles. The maximum absolute atomic E-state index is 6.32. The van der Waals surface area contributed by atoms with Crippen molar-refractivity contribution in [2.45, 2.75) is 46.5 Å². The van der Waals surface area contributed by atoms with Crippen LogP contribution in [0.3, 0.4) is 0 Å². The Kier molecular flexibility index (Phi) is 5.05. The fourth-order valence-electron chi connectivity index (χ4n) is 4.26. The number of hydrogen-bond donors (Lipinski definition) is 0. The summed E-state index contributed by atoms with van der Waals surface area (Å²) in [6.07, 6.45) is 1.96. The quantitative estimate of drug-likeness (QED) is 0.294. The summed E-state index contributed by atoms with van der Waals surface area (Å²) in [6, 6.07) is 21.4. The predicted octanol–water partition coefficient (Wildman–Crippen LogP) is 8.27. The van der Waals surface area contributed by atoms with E-state index in [1.54, 1.807) is 0 Å². The number of hydrogen-bond acceptors (Lipinski definition) is 3. The van der Waals surface area contributed by atoms with Crippen LogP contribution in [0.1, 0.15) is 56.4 Å². The van der Waals surface area contributed by atoms with Gasteiger partial charge in [-0.1, -0.05) is 70.2 Å². The van der Waals surface area contributed by atoms with E-state index in [-0.39, 0.29) is 0 Å². The largest absolute Gasteiger partial charge is 0.437 e. The van der Waals surface area contributed by atoms with Crippen LogP contribution in [0.2, 0.25) is 0 Å². The molecule has 32 heavy (non-hydrogen) atoms. The minimum absolute atomic E-state index is 0.359. The summed E-state index contributed by atoms with van der Waals surface area (Å²) in [5.74, 6) is 0.859. The lowest BCUT2D eigenvalue weighted by atomic mass is 9.97. The highest BCUT2D eigenvalue weighted by Crippen LogP contribution is 2.37. The van der Waals surface area contributed by atoms with Crippen LogP contribution in [-0.4, -0.2) is 9.97 Å².